The molecule has 0 aliphatic heterocycles. The molecule has 0 fully saturated rings. The topological polar surface area (TPSA) is 47.3 Å². The van der Waals surface area contributed by atoms with E-state index in [2.05, 4.69) is 24.5 Å². The highest BCUT2D eigenvalue weighted by molar-refractivity contribution is 5.85. The van der Waals surface area contributed by atoms with Crippen molar-refractivity contribution in [3.8, 4) is 5.75 Å². The summed E-state index contributed by atoms with van der Waals surface area (Å²) < 4.78 is 7.80. The van der Waals surface area contributed by atoms with Crippen LogP contribution >= 0.6 is 12.4 Å². The highest BCUT2D eigenvalue weighted by Gasteiger charge is 2.18. The number of hydrogen-bond donors (Lipinski definition) is 1. The maximum absolute atomic E-state index is 10.4. The summed E-state index contributed by atoms with van der Waals surface area (Å²) in [6.07, 6.45) is 0.422. The Balaban J connectivity index is 0.00000225. The molecule has 0 radical (unpaired) electrons. The molecule has 25 heavy (non-hydrogen) atoms. The number of nitrogens with zero attached hydrogens (tertiary/aromatic N) is 2. The van der Waals surface area contributed by atoms with Crippen LogP contribution in [0.1, 0.15) is 32.0 Å². The number of halogens is 1. The summed E-state index contributed by atoms with van der Waals surface area (Å²) in [6.45, 7) is 5.07. The molecule has 2 atom stereocenters. The van der Waals surface area contributed by atoms with Crippen LogP contribution in [0.3, 0.4) is 0 Å². The van der Waals surface area contributed by atoms with Crippen LogP contribution in [0.5, 0.6) is 5.75 Å². The first-order valence-electron chi connectivity index (χ1n) is 8.50. The van der Waals surface area contributed by atoms with Crippen LogP contribution in [0, 0.1) is 0 Å². The molecule has 0 amide bonds. The van der Waals surface area contributed by atoms with Gasteiger partial charge >= 0.3 is 0 Å². The van der Waals surface area contributed by atoms with Crippen molar-refractivity contribution in [2.24, 2.45) is 0 Å². The van der Waals surface area contributed by atoms with Gasteiger partial charge < -0.3 is 14.4 Å². The second-order valence-corrected chi connectivity index (χ2v) is 6.16. The Morgan fingerprint density at radius 1 is 1.08 bits per heavy atom. The molecule has 5 heteroatoms. The zero-order valence-electron chi connectivity index (χ0n) is 14.6. The Hall–Kier alpha value is -2.04. The van der Waals surface area contributed by atoms with Gasteiger partial charge in [0.15, 0.2) is 0 Å². The SMILES string of the molecule is CCC(C)c1nc2ccccc2n1CC(O)COc1ccccc1.Cl. The number of aliphatic hydroxyl groups excluding tert-OH is 1. The van der Waals surface area contributed by atoms with E-state index in [-0.39, 0.29) is 19.0 Å². The lowest BCUT2D eigenvalue weighted by Gasteiger charge is -2.17. The number of aliphatic hydroxyl groups is 1. The quantitative estimate of drug-likeness (QED) is 0.678. The third kappa shape index (κ3) is 4.53. The summed E-state index contributed by atoms with van der Waals surface area (Å²) in [7, 11) is 0. The number of rotatable bonds is 7. The molecule has 0 aliphatic carbocycles. The molecule has 0 spiro atoms. The third-order valence-corrected chi connectivity index (χ3v) is 4.32. The van der Waals surface area contributed by atoms with Crippen LogP contribution in [0.4, 0.5) is 0 Å². The first-order valence-corrected chi connectivity index (χ1v) is 8.50. The Morgan fingerprint density at radius 2 is 1.76 bits per heavy atom. The molecule has 2 unspecified atom stereocenters. The van der Waals surface area contributed by atoms with E-state index in [9.17, 15) is 5.11 Å². The van der Waals surface area contributed by atoms with Crippen molar-refractivity contribution in [3.63, 3.8) is 0 Å². The van der Waals surface area contributed by atoms with Gasteiger partial charge in [-0.3, -0.25) is 0 Å². The molecule has 3 rings (SSSR count). The van der Waals surface area contributed by atoms with E-state index < -0.39 is 6.10 Å². The van der Waals surface area contributed by atoms with Crippen molar-refractivity contribution < 1.29 is 9.84 Å². The van der Waals surface area contributed by atoms with Crippen molar-refractivity contribution in [2.45, 2.75) is 38.8 Å². The predicted molar refractivity (Wildman–Crippen MR) is 104 cm³/mol. The average Bonchev–Trinajstić information content (AvgIpc) is 2.99. The molecule has 0 bridgehead atoms. The summed E-state index contributed by atoms with van der Waals surface area (Å²) in [5.41, 5.74) is 2.04. The van der Waals surface area contributed by atoms with Gasteiger partial charge in [0.05, 0.1) is 17.6 Å². The van der Waals surface area contributed by atoms with Crippen molar-refractivity contribution in [3.05, 3.63) is 60.4 Å². The number of benzene rings is 2. The zero-order valence-corrected chi connectivity index (χ0v) is 15.4. The Morgan fingerprint density at radius 3 is 2.48 bits per heavy atom. The van der Waals surface area contributed by atoms with Crippen LogP contribution in [0.25, 0.3) is 11.0 Å². The second-order valence-electron chi connectivity index (χ2n) is 6.16. The molecular weight excluding hydrogens is 336 g/mol. The van der Waals surface area contributed by atoms with Crippen LogP contribution < -0.4 is 4.74 Å². The van der Waals surface area contributed by atoms with E-state index in [1.54, 1.807) is 0 Å². The highest BCUT2D eigenvalue weighted by Crippen LogP contribution is 2.24. The summed E-state index contributed by atoms with van der Waals surface area (Å²) in [4.78, 5) is 4.77. The number of para-hydroxylation sites is 3. The summed E-state index contributed by atoms with van der Waals surface area (Å²) >= 11 is 0. The first-order chi connectivity index (χ1) is 11.7. The van der Waals surface area contributed by atoms with Gasteiger partial charge in [-0.1, -0.05) is 44.2 Å². The molecule has 1 aromatic heterocycles. The normalized spacial score (nSPS) is 13.2. The largest absolute Gasteiger partial charge is 0.491 e. The van der Waals surface area contributed by atoms with E-state index >= 15 is 0 Å². The highest BCUT2D eigenvalue weighted by atomic mass is 35.5. The minimum absolute atomic E-state index is 0. The van der Waals surface area contributed by atoms with Gasteiger partial charge in [0.25, 0.3) is 0 Å². The Kier molecular flexibility index (Phi) is 6.85. The average molecular weight is 361 g/mol. The number of ether oxygens (including phenoxy) is 1. The maximum Gasteiger partial charge on any atom is 0.119 e. The number of hydrogen-bond acceptors (Lipinski definition) is 3. The van der Waals surface area contributed by atoms with Crippen molar-refractivity contribution in [2.75, 3.05) is 6.61 Å². The molecule has 134 valence electrons. The lowest BCUT2D eigenvalue weighted by Crippen LogP contribution is -2.25. The molecule has 3 aromatic rings. The van der Waals surface area contributed by atoms with E-state index in [4.69, 9.17) is 9.72 Å². The Labute approximate surface area is 154 Å². The number of aromatic nitrogens is 2. The lowest BCUT2D eigenvalue weighted by atomic mass is 10.1. The molecule has 0 saturated carbocycles. The second kappa shape index (κ2) is 8.88. The van der Waals surface area contributed by atoms with Gasteiger partial charge in [-0.15, -0.1) is 12.4 Å². The fourth-order valence-corrected chi connectivity index (χ4v) is 2.82. The number of imidazole rings is 1. The van der Waals surface area contributed by atoms with E-state index in [1.807, 2.05) is 48.5 Å². The van der Waals surface area contributed by atoms with Gasteiger partial charge in [0, 0.05) is 5.92 Å². The first kappa shape index (κ1) is 19.3. The molecule has 2 aromatic carbocycles. The van der Waals surface area contributed by atoms with Crippen LogP contribution in [0.2, 0.25) is 0 Å². The minimum Gasteiger partial charge on any atom is -0.491 e. The van der Waals surface area contributed by atoms with Gasteiger partial charge in [0.2, 0.25) is 0 Å². The molecule has 1 N–H and O–H groups in total. The van der Waals surface area contributed by atoms with Crippen LogP contribution in [-0.2, 0) is 6.54 Å². The smallest absolute Gasteiger partial charge is 0.119 e. The van der Waals surface area contributed by atoms with Crippen LogP contribution in [-0.4, -0.2) is 27.4 Å². The standard InChI is InChI=1S/C20H24N2O2.ClH/c1-3-15(2)20-21-18-11-7-8-12-19(18)22(20)13-16(23)14-24-17-9-5-4-6-10-17;/h4-12,15-16,23H,3,13-14H2,1-2H3;1H. The van der Waals surface area contributed by atoms with Gasteiger partial charge in [-0.05, 0) is 30.7 Å². The van der Waals surface area contributed by atoms with Gasteiger partial charge in [-0.2, -0.15) is 0 Å². The molecular formula is C20H25ClN2O2. The fraction of sp³-hybridized carbons (Fsp3) is 0.350. The van der Waals surface area contributed by atoms with Gasteiger partial charge in [-0.25, -0.2) is 4.98 Å². The Bertz CT molecular complexity index is 789. The summed E-state index contributed by atoms with van der Waals surface area (Å²) in [5, 5.41) is 10.4. The molecule has 1 heterocycles. The fourth-order valence-electron chi connectivity index (χ4n) is 2.82. The summed E-state index contributed by atoms with van der Waals surface area (Å²) in [6, 6.07) is 17.7. The van der Waals surface area contributed by atoms with Gasteiger partial charge in [0.1, 0.15) is 24.3 Å². The molecule has 0 aliphatic rings. The molecule has 0 saturated heterocycles. The zero-order chi connectivity index (χ0) is 16.9. The van der Waals surface area contributed by atoms with E-state index in [1.165, 1.54) is 0 Å². The maximum atomic E-state index is 10.4. The van der Waals surface area contributed by atoms with Crippen molar-refractivity contribution >= 4 is 23.4 Å². The molecule has 4 nitrogen and oxygen atoms in total. The van der Waals surface area contributed by atoms with Crippen molar-refractivity contribution in [1.82, 2.24) is 9.55 Å². The third-order valence-electron chi connectivity index (χ3n) is 4.32. The number of fused-ring (bicyclic) bond motifs is 1. The summed E-state index contributed by atoms with van der Waals surface area (Å²) in [5.74, 6) is 2.14. The minimum atomic E-state index is -0.592. The predicted octanol–water partition coefficient (Wildman–Crippen LogP) is 4.41. The van der Waals surface area contributed by atoms with E-state index in [0.717, 1.165) is 29.0 Å². The lowest BCUT2D eigenvalue weighted by molar-refractivity contribution is 0.0924. The monoisotopic (exact) mass is 360 g/mol. The van der Waals surface area contributed by atoms with Crippen molar-refractivity contribution in [1.29, 1.82) is 0 Å². The van der Waals surface area contributed by atoms with E-state index in [0.29, 0.717) is 12.5 Å². The van der Waals surface area contributed by atoms with Crippen LogP contribution in [0.15, 0.2) is 54.6 Å².